The summed E-state index contributed by atoms with van der Waals surface area (Å²) < 4.78 is 5.39. The van der Waals surface area contributed by atoms with Crippen LogP contribution in [0.1, 0.15) is 0 Å². The zero-order valence-electron chi connectivity index (χ0n) is 6.19. The van der Waals surface area contributed by atoms with Crippen LogP contribution >= 0.6 is 0 Å². The molecular weight excluding hydrogens is 158 g/mol. The van der Waals surface area contributed by atoms with Gasteiger partial charge in [-0.2, -0.15) is 0 Å². The maximum Gasteiger partial charge on any atom is 0.233 e. The highest BCUT2D eigenvalue weighted by Gasteiger charge is 2.57. The van der Waals surface area contributed by atoms with Crippen molar-refractivity contribution in [3.8, 4) is 0 Å². The van der Waals surface area contributed by atoms with Gasteiger partial charge in [0.1, 0.15) is 0 Å². The van der Waals surface area contributed by atoms with Crippen molar-refractivity contribution in [2.45, 2.75) is 12.2 Å². The molecular formula is C8H7NO3. The molecule has 2 amide bonds. The Kier molecular flexibility index (Phi) is 0.939. The summed E-state index contributed by atoms with van der Waals surface area (Å²) in [6.07, 6.45) is 3.41. The molecule has 2 fully saturated rings. The molecule has 0 saturated carbocycles. The van der Waals surface area contributed by atoms with Crippen molar-refractivity contribution in [2.75, 3.05) is 0 Å². The Hall–Kier alpha value is -1.16. The van der Waals surface area contributed by atoms with E-state index in [4.69, 9.17) is 4.74 Å². The van der Waals surface area contributed by atoms with Gasteiger partial charge in [0, 0.05) is 0 Å². The van der Waals surface area contributed by atoms with E-state index >= 15 is 0 Å². The third kappa shape index (κ3) is 0.536. The number of imide groups is 1. The zero-order chi connectivity index (χ0) is 8.29. The van der Waals surface area contributed by atoms with Gasteiger partial charge in [-0.1, -0.05) is 12.2 Å². The molecule has 0 aromatic carbocycles. The van der Waals surface area contributed by atoms with E-state index in [9.17, 15) is 9.59 Å². The van der Waals surface area contributed by atoms with Gasteiger partial charge in [0.15, 0.2) is 0 Å². The van der Waals surface area contributed by atoms with Crippen molar-refractivity contribution in [2.24, 2.45) is 11.8 Å². The lowest BCUT2D eigenvalue weighted by Crippen LogP contribution is -2.27. The van der Waals surface area contributed by atoms with Gasteiger partial charge in [-0.15, -0.1) is 0 Å². The molecule has 3 aliphatic rings. The van der Waals surface area contributed by atoms with Crippen molar-refractivity contribution < 1.29 is 14.3 Å². The first-order valence-electron chi connectivity index (χ1n) is 3.96. The van der Waals surface area contributed by atoms with Gasteiger partial charge in [0.05, 0.1) is 24.0 Å². The molecule has 3 heterocycles. The summed E-state index contributed by atoms with van der Waals surface area (Å²) in [6.45, 7) is 0. The van der Waals surface area contributed by atoms with E-state index in [0.29, 0.717) is 0 Å². The number of ether oxygens (including phenoxy) is 1. The van der Waals surface area contributed by atoms with E-state index in [0.717, 1.165) is 0 Å². The number of carbonyl (C=O) groups excluding carboxylic acids is 2. The summed E-state index contributed by atoms with van der Waals surface area (Å²) in [4.78, 5) is 22.4. The lowest BCUT2D eigenvalue weighted by atomic mass is 9.85. The predicted octanol–water partition coefficient (Wildman–Crippen LogP) is -0.788. The molecule has 4 heteroatoms. The Labute approximate surface area is 68.6 Å². The fraction of sp³-hybridized carbons (Fsp3) is 0.500. The molecule has 2 saturated heterocycles. The molecule has 4 nitrogen and oxygen atoms in total. The first-order chi connectivity index (χ1) is 5.77. The number of amides is 2. The molecule has 0 spiro atoms. The average molecular weight is 165 g/mol. The minimum atomic E-state index is -0.257. The number of carbonyl (C=O) groups is 2. The third-order valence-corrected chi connectivity index (χ3v) is 2.75. The second-order valence-electron chi connectivity index (χ2n) is 3.36. The van der Waals surface area contributed by atoms with E-state index in [1.165, 1.54) is 0 Å². The minimum Gasteiger partial charge on any atom is -0.365 e. The molecule has 3 rings (SSSR count). The van der Waals surface area contributed by atoms with Gasteiger partial charge in [-0.3, -0.25) is 14.9 Å². The normalized spacial score (nSPS) is 48.3. The maximum absolute atomic E-state index is 11.2. The largest absolute Gasteiger partial charge is 0.365 e. The lowest BCUT2D eigenvalue weighted by molar-refractivity contribution is -0.128. The zero-order valence-corrected chi connectivity index (χ0v) is 6.19. The van der Waals surface area contributed by atoms with Crippen molar-refractivity contribution in [1.29, 1.82) is 0 Å². The van der Waals surface area contributed by atoms with Crippen LogP contribution in [0.3, 0.4) is 0 Å². The van der Waals surface area contributed by atoms with Crippen molar-refractivity contribution in [3.63, 3.8) is 0 Å². The van der Waals surface area contributed by atoms with Gasteiger partial charge in [0.2, 0.25) is 11.8 Å². The van der Waals surface area contributed by atoms with E-state index in [2.05, 4.69) is 5.32 Å². The molecule has 0 aromatic rings. The van der Waals surface area contributed by atoms with Gasteiger partial charge < -0.3 is 4.74 Å². The molecule has 2 bridgehead atoms. The molecule has 3 aliphatic heterocycles. The van der Waals surface area contributed by atoms with Crippen LogP contribution in [0.25, 0.3) is 0 Å². The van der Waals surface area contributed by atoms with E-state index < -0.39 is 0 Å². The quantitative estimate of drug-likeness (QED) is 0.378. The Morgan fingerprint density at radius 3 is 2.08 bits per heavy atom. The van der Waals surface area contributed by atoms with E-state index in [1.54, 1.807) is 0 Å². The number of nitrogens with one attached hydrogen (secondary N) is 1. The van der Waals surface area contributed by atoms with Crippen LogP contribution in [0.4, 0.5) is 0 Å². The monoisotopic (exact) mass is 165 g/mol. The summed E-state index contributed by atoms with van der Waals surface area (Å²) in [5.41, 5.74) is 0. The van der Waals surface area contributed by atoms with Crippen molar-refractivity contribution >= 4 is 11.8 Å². The van der Waals surface area contributed by atoms with Gasteiger partial charge in [-0.05, 0) is 0 Å². The van der Waals surface area contributed by atoms with Crippen molar-refractivity contribution in [1.82, 2.24) is 5.32 Å². The smallest absolute Gasteiger partial charge is 0.233 e. The van der Waals surface area contributed by atoms with E-state index in [-0.39, 0.29) is 35.9 Å². The number of hydrogen-bond acceptors (Lipinski definition) is 3. The summed E-state index contributed by atoms with van der Waals surface area (Å²) >= 11 is 0. The van der Waals surface area contributed by atoms with E-state index in [1.807, 2.05) is 12.2 Å². The molecule has 12 heavy (non-hydrogen) atoms. The van der Waals surface area contributed by atoms with Gasteiger partial charge in [-0.25, -0.2) is 0 Å². The second-order valence-corrected chi connectivity index (χ2v) is 3.36. The number of fused-ring (bicyclic) bond motifs is 5. The molecule has 4 atom stereocenters. The summed E-state index contributed by atoms with van der Waals surface area (Å²) in [6, 6.07) is 0. The highest BCUT2D eigenvalue weighted by atomic mass is 16.5. The standard InChI is InChI=1S/C8H7NO3/c10-7-5-3-1-2-4(12-3)6(5)8(11)9-7/h1-6H,(H,9,10,11)/t3-,4?,5?,6-/m1/s1. The molecule has 62 valence electrons. The highest BCUT2D eigenvalue weighted by Crippen LogP contribution is 2.41. The molecule has 0 aromatic heterocycles. The SMILES string of the molecule is O=C1NC(=O)[C@@H]2C3C=C[C@@H](O3)C12. The summed E-state index contributed by atoms with van der Waals surface area (Å²) in [7, 11) is 0. The Morgan fingerprint density at radius 1 is 1.08 bits per heavy atom. The van der Waals surface area contributed by atoms with Crippen LogP contribution in [0.5, 0.6) is 0 Å². The maximum atomic E-state index is 11.2. The predicted molar refractivity (Wildman–Crippen MR) is 37.9 cm³/mol. The summed E-state index contributed by atoms with van der Waals surface area (Å²) in [5.74, 6) is -0.872. The first-order valence-corrected chi connectivity index (χ1v) is 3.96. The van der Waals surface area contributed by atoms with Crippen molar-refractivity contribution in [3.05, 3.63) is 12.2 Å². The van der Waals surface area contributed by atoms with Crippen LogP contribution in [-0.4, -0.2) is 24.0 Å². The molecule has 1 N–H and O–H groups in total. The number of rotatable bonds is 0. The first kappa shape index (κ1) is 6.37. The third-order valence-electron chi connectivity index (χ3n) is 2.75. The van der Waals surface area contributed by atoms with Gasteiger partial charge >= 0.3 is 0 Å². The highest BCUT2D eigenvalue weighted by molar-refractivity contribution is 6.06. The van der Waals surface area contributed by atoms with Crippen LogP contribution in [0.15, 0.2) is 12.2 Å². The Morgan fingerprint density at radius 2 is 1.58 bits per heavy atom. The van der Waals surface area contributed by atoms with Crippen LogP contribution in [0.2, 0.25) is 0 Å². The van der Waals surface area contributed by atoms with Gasteiger partial charge in [0.25, 0.3) is 0 Å². The molecule has 0 aliphatic carbocycles. The van der Waals surface area contributed by atoms with Crippen LogP contribution in [-0.2, 0) is 14.3 Å². The Balaban J connectivity index is 2.08. The summed E-state index contributed by atoms with van der Waals surface area (Å²) in [5, 5.41) is 2.32. The molecule has 0 radical (unpaired) electrons. The number of hydrogen-bond donors (Lipinski definition) is 1. The van der Waals surface area contributed by atoms with Crippen LogP contribution in [0, 0.1) is 11.8 Å². The minimum absolute atomic E-state index is 0.161. The lowest BCUT2D eigenvalue weighted by Gasteiger charge is -2.10. The fourth-order valence-corrected chi connectivity index (χ4v) is 2.22. The second kappa shape index (κ2) is 1.77. The Bertz CT molecular complexity index is 281. The van der Waals surface area contributed by atoms with Crippen LogP contribution < -0.4 is 5.32 Å². The molecule has 2 unspecified atom stereocenters. The fourth-order valence-electron chi connectivity index (χ4n) is 2.22. The average Bonchev–Trinajstić information content (AvgIpc) is 2.64. The topological polar surface area (TPSA) is 55.4 Å².